The average molecular weight is 217 g/mol. The minimum absolute atomic E-state index is 0.610. The largest absolute Gasteiger partial charge is 0.317 e. The summed E-state index contributed by atoms with van der Waals surface area (Å²) in [5.74, 6) is 0.610. The molecule has 1 aliphatic heterocycles. The van der Waals surface area contributed by atoms with Crippen molar-refractivity contribution in [1.29, 1.82) is 0 Å². The van der Waals surface area contributed by atoms with Crippen LogP contribution < -0.4 is 5.32 Å². The van der Waals surface area contributed by atoms with Crippen LogP contribution in [0.3, 0.4) is 0 Å². The van der Waals surface area contributed by atoms with Crippen molar-refractivity contribution in [2.24, 2.45) is 0 Å². The minimum atomic E-state index is 0.610. The topological polar surface area (TPSA) is 58.5 Å². The van der Waals surface area contributed by atoms with E-state index in [0.29, 0.717) is 5.92 Å². The molecule has 5 heteroatoms. The van der Waals surface area contributed by atoms with Crippen molar-refractivity contribution in [3.63, 3.8) is 0 Å². The Hall–Kier alpha value is -1.62. The summed E-state index contributed by atoms with van der Waals surface area (Å²) in [6, 6.07) is 0. The van der Waals surface area contributed by atoms with E-state index in [2.05, 4.69) is 25.1 Å². The fourth-order valence-electron chi connectivity index (χ4n) is 2.32. The molecule has 2 aromatic heterocycles. The van der Waals surface area contributed by atoms with Gasteiger partial charge in [-0.25, -0.2) is 4.98 Å². The summed E-state index contributed by atoms with van der Waals surface area (Å²) in [6.45, 7) is 2.20. The Morgan fingerprint density at radius 2 is 2.12 bits per heavy atom. The molecule has 2 aromatic rings. The maximum atomic E-state index is 4.25. The monoisotopic (exact) mass is 217 g/mol. The van der Waals surface area contributed by atoms with E-state index in [1.807, 2.05) is 24.9 Å². The Kier molecular flexibility index (Phi) is 2.46. The molecule has 0 saturated carbocycles. The maximum Gasteiger partial charge on any atom is 0.0995 e. The number of aromatic amines is 1. The van der Waals surface area contributed by atoms with Gasteiger partial charge in [0.15, 0.2) is 0 Å². The third-order valence-corrected chi connectivity index (χ3v) is 3.19. The Bertz CT molecular complexity index is 439. The number of aromatic nitrogens is 4. The van der Waals surface area contributed by atoms with E-state index in [0.717, 1.165) is 18.8 Å². The molecule has 16 heavy (non-hydrogen) atoms. The highest BCUT2D eigenvalue weighted by Crippen LogP contribution is 2.26. The summed E-state index contributed by atoms with van der Waals surface area (Å²) in [7, 11) is 0. The van der Waals surface area contributed by atoms with Gasteiger partial charge >= 0.3 is 0 Å². The van der Waals surface area contributed by atoms with E-state index in [-0.39, 0.29) is 0 Å². The highest BCUT2D eigenvalue weighted by Gasteiger charge is 2.19. The van der Waals surface area contributed by atoms with Crippen LogP contribution in [0.25, 0.3) is 5.69 Å². The van der Waals surface area contributed by atoms with E-state index in [9.17, 15) is 0 Å². The number of imidazole rings is 1. The highest BCUT2D eigenvalue weighted by molar-refractivity contribution is 5.29. The predicted octanol–water partition coefficient (Wildman–Crippen LogP) is 1.06. The van der Waals surface area contributed by atoms with Crippen LogP contribution in [0.15, 0.2) is 24.9 Å². The van der Waals surface area contributed by atoms with Crippen molar-refractivity contribution in [2.45, 2.75) is 18.8 Å². The molecular formula is C11H15N5. The lowest BCUT2D eigenvalue weighted by molar-refractivity contribution is 0.449. The second kappa shape index (κ2) is 4.09. The van der Waals surface area contributed by atoms with Crippen LogP contribution in [-0.4, -0.2) is 32.8 Å². The molecule has 0 bridgehead atoms. The molecule has 0 aliphatic carbocycles. The zero-order valence-electron chi connectivity index (χ0n) is 9.06. The molecule has 1 saturated heterocycles. The van der Waals surface area contributed by atoms with Crippen molar-refractivity contribution in [3.8, 4) is 5.69 Å². The van der Waals surface area contributed by atoms with Crippen LogP contribution in [0.4, 0.5) is 0 Å². The SMILES string of the molecule is c1n[nH]cc1-n1cncc1C1CCNCC1. The summed E-state index contributed by atoms with van der Waals surface area (Å²) in [5, 5.41) is 10.2. The van der Waals surface area contributed by atoms with Gasteiger partial charge in [-0.1, -0.05) is 0 Å². The molecule has 84 valence electrons. The van der Waals surface area contributed by atoms with Crippen LogP contribution in [0.5, 0.6) is 0 Å². The fraction of sp³-hybridized carbons (Fsp3) is 0.455. The van der Waals surface area contributed by atoms with E-state index in [1.54, 1.807) is 0 Å². The number of hydrogen-bond donors (Lipinski definition) is 2. The van der Waals surface area contributed by atoms with Crippen molar-refractivity contribution >= 4 is 0 Å². The van der Waals surface area contributed by atoms with Gasteiger partial charge in [-0.15, -0.1) is 0 Å². The normalized spacial score (nSPS) is 17.8. The third kappa shape index (κ3) is 1.63. The summed E-state index contributed by atoms with van der Waals surface area (Å²) in [5.41, 5.74) is 2.36. The molecule has 0 amide bonds. The lowest BCUT2D eigenvalue weighted by atomic mass is 9.95. The lowest BCUT2D eigenvalue weighted by Crippen LogP contribution is -2.27. The van der Waals surface area contributed by atoms with Gasteiger partial charge in [0, 0.05) is 24.0 Å². The van der Waals surface area contributed by atoms with Gasteiger partial charge in [0.1, 0.15) is 0 Å². The van der Waals surface area contributed by atoms with Crippen LogP contribution in [-0.2, 0) is 0 Å². The van der Waals surface area contributed by atoms with Crippen molar-refractivity contribution < 1.29 is 0 Å². The second-order valence-corrected chi connectivity index (χ2v) is 4.17. The van der Waals surface area contributed by atoms with Gasteiger partial charge in [-0.3, -0.25) is 9.67 Å². The molecular weight excluding hydrogens is 202 g/mol. The lowest BCUT2D eigenvalue weighted by Gasteiger charge is -2.23. The third-order valence-electron chi connectivity index (χ3n) is 3.19. The van der Waals surface area contributed by atoms with Gasteiger partial charge in [-0.05, 0) is 25.9 Å². The summed E-state index contributed by atoms with van der Waals surface area (Å²) >= 11 is 0. The summed E-state index contributed by atoms with van der Waals surface area (Å²) in [4.78, 5) is 4.25. The first-order chi connectivity index (χ1) is 7.95. The molecule has 0 spiro atoms. The van der Waals surface area contributed by atoms with Crippen LogP contribution in [0, 0.1) is 0 Å². The van der Waals surface area contributed by atoms with E-state index in [1.165, 1.54) is 18.5 Å². The van der Waals surface area contributed by atoms with Gasteiger partial charge in [0.2, 0.25) is 0 Å². The first kappa shape index (κ1) is 9.59. The molecule has 0 atom stereocenters. The smallest absolute Gasteiger partial charge is 0.0995 e. The van der Waals surface area contributed by atoms with E-state index >= 15 is 0 Å². The Labute approximate surface area is 93.9 Å². The standard InChI is InChI=1S/C11H15N5/c1-3-12-4-2-9(1)11-7-13-8-16(11)10-5-14-15-6-10/h5-9,12H,1-4H2,(H,14,15). The Morgan fingerprint density at radius 1 is 1.25 bits per heavy atom. The number of piperidine rings is 1. The Balaban J connectivity index is 1.92. The van der Waals surface area contributed by atoms with Gasteiger partial charge in [0.25, 0.3) is 0 Å². The van der Waals surface area contributed by atoms with Gasteiger partial charge in [-0.2, -0.15) is 5.10 Å². The first-order valence-electron chi connectivity index (χ1n) is 5.67. The number of hydrogen-bond acceptors (Lipinski definition) is 3. The molecule has 1 fully saturated rings. The average Bonchev–Trinajstić information content (AvgIpc) is 3.01. The minimum Gasteiger partial charge on any atom is -0.317 e. The number of nitrogens with one attached hydrogen (secondary N) is 2. The summed E-state index contributed by atoms with van der Waals surface area (Å²) in [6.07, 6.45) is 9.93. The zero-order valence-corrected chi connectivity index (χ0v) is 9.06. The van der Waals surface area contributed by atoms with E-state index < -0.39 is 0 Å². The van der Waals surface area contributed by atoms with Crippen molar-refractivity contribution in [2.75, 3.05) is 13.1 Å². The quantitative estimate of drug-likeness (QED) is 0.791. The van der Waals surface area contributed by atoms with Crippen molar-refractivity contribution in [1.82, 2.24) is 25.1 Å². The molecule has 5 nitrogen and oxygen atoms in total. The maximum absolute atomic E-state index is 4.25. The molecule has 1 aliphatic rings. The first-order valence-corrected chi connectivity index (χ1v) is 5.67. The molecule has 0 aromatic carbocycles. The predicted molar refractivity (Wildman–Crippen MR) is 60.6 cm³/mol. The summed E-state index contributed by atoms with van der Waals surface area (Å²) < 4.78 is 2.12. The zero-order chi connectivity index (χ0) is 10.8. The molecule has 3 heterocycles. The molecule has 0 radical (unpaired) electrons. The molecule has 3 rings (SSSR count). The fourth-order valence-corrected chi connectivity index (χ4v) is 2.32. The van der Waals surface area contributed by atoms with E-state index in [4.69, 9.17) is 0 Å². The number of nitrogens with zero attached hydrogens (tertiary/aromatic N) is 3. The van der Waals surface area contributed by atoms with Crippen LogP contribution in [0.2, 0.25) is 0 Å². The molecule has 2 N–H and O–H groups in total. The Morgan fingerprint density at radius 3 is 2.88 bits per heavy atom. The number of H-pyrrole nitrogens is 1. The van der Waals surface area contributed by atoms with Gasteiger partial charge in [0.05, 0.1) is 18.2 Å². The van der Waals surface area contributed by atoms with Crippen LogP contribution >= 0.6 is 0 Å². The van der Waals surface area contributed by atoms with Gasteiger partial charge < -0.3 is 5.32 Å². The highest BCUT2D eigenvalue weighted by atomic mass is 15.1. The number of rotatable bonds is 2. The van der Waals surface area contributed by atoms with Crippen LogP contribution in [0.1, 0.15) is 24.5 Å². The second-order valence-electron chi connectivity index (χ2n) is 4.17. The van der Waals surface area contributed by atoms with Crippen molar-refractivity contribution in [3.05, 3.63) is 30.6 Å². The molecule has 0 unspecified atom stereocenters.